The summed E-state index contributed by atoms with van der Waals surface area (Å²) in [7, 11) is 0. The van der Waals surface area contributed by atoms with E-state index in [1.54, 1.807) is 24.3 Å². The molecule has 2 aromatic rings. The predicted molar refractivity (Wildman–Crippen MR) is 105 cm³/mol. The SMILES string of the molecule is O=C(NC(CC(=O)N1CCCCC1C(=O)O)c1ccccc1)c1ccccc1. The number of hydrogen-bond acceptors (Lipinski definition) is 3. The van der Waals surface area contributed by atoms with Gasteiger partial charge in [-0.25, -0.2) is 4.79 Å². The Hall–Kier alpha value is -3.15. The predicted octanol–water partition coefficient (Wildman–Crippen LogP) is 3.01. The monoisotopic (exact) mass is 380 g/mol. The quantitative estimate of drug-likeness (QED) is 0.807. The van der Waals surface area contributed by atoms with Gasteiger partial charge in [-0.05, 0) is 37.0 Å². The second-order valence-corrected chi connectivity index (χ2v) is 6.94. The van der Waals surface area contributed by atoms with Gasteiger partial charge in [0.05, 0.1) is 12.5 Å². The van der Waals surface area contributed by atoms with Crippen LogP contribution in [0.4, 0.5) is 0 Å². The fourth-order valence-electron chi connectivity index (χ4n) is 3.55. The van der Waals surface area contributed by atoms with Crippen molar-refractivity contribution < 1.29 is 19.5 Å². The summed E-state index contributed by atoms with van der Waals surface area (Å²) in [5, 5.41) is 12.4. The van der Waals surface area contributed by atoms with Crippen molar-refractivity contribution in [1.82, 2.24) is 10.2 Å². The molecule has 2 amide bonds. The summed E-state index contributed by atoms with van der Waals surface area (Å²) >= 11 is 0. The molecular weight excluding hydrogens is 356 g/mol. The first-order valence-corrected chi connectivity index (χ1v) is 9.49. The number of rotatable bonds is 6. The molecule has 3 rings (SSSR count). The van der Waals surface area contributed by atoms with Crippen LogP contribution in [0, 0.1) is 0 Å². The maximum absolute atomic E-state index is 12.9. The average Bonchev–Trinajstić information content (AvgIpc) is 2.74. The third-order valence-electron chi connectivity index (χ3n) is 5.03. The van der Waals surface area contributed by atoms with Crippen molar-refractivity contribution in [3.8, 4) is 0 Å². The topological polar surface area (TPSA) is 86.7 Å². The Morgan fingerprint density at radius 2 is 1.64 bits per heavy atom. The zero-order valence-corrected chi connectivity index (χ0v) is 15.6. The number of carbonyl (C=O) groups excluding carboxylic acids is 2. The normalized spacial score (nSPS) is 17.6. The lowest BCUT2D eigenvalue weighted by atomic mass is 9.98. The Morgan fingerprint density at radius 3 is 2.29 bits per heavy atom. The van der Waals surface area contributed by atoms with Gasteiger partial charge in [-0.3, -0.25) is 9.59 Å². The Balaban J connectivity index is 1.78. The van der Waals surface area contributed by atoms with E-state index in [1.807, 2.05) is 36.4 Å². The Labute approximate surface area is 164 Å². The Morgan fingerprint density at radius 1 is 1.00 bits per heavy atom. The fourth-order valence-corrected chi connectivity index (χ4v) is 3.55. The largest absolute Gasteiger partial charge is 0.480 e. The van der Waals surface area contributed by atoms with Gasteiger partial charge in [-0.2, -0.15) is 0 Å². The van der Waals surface area contributed by atoms with E-state index in [4.69, 9.17) is 0 Å². The fraction of sp³-hybridized carbons (Fsp3) is 0.318. The first-order valence-electron chi connectivity index (χ1n) is 9.49. The number of piperidine rings is 1. The van der Waals surface area contributed by atoms with Gasteiger partial charge in [0.2, 0.25) is 5.91 Å². The van der Waals surface area contributed by atoms with Crippen molar-refractivity contribution in [3.63, 3.8) is 0 Å². The molecule has 2 N–H and O–H groups in total. The van der Waals surface area contributed by atoms with Crippen LogP contribution in [0.3, 0.4) is 0 Å². The molecule has 0 spiro atoms. The maximum atomic E-state index is 12.9. The highest BCUT2D eigenvalue weighted by Crippen LogP contribution is 2.23. The van der Waals surface area contributed by atoms with Crippen LogP contribution in [-0.2, 0) is 9.59 Å². The van der Waals surface area contributed by atoms with Crippen molar-refractivity contribution >= 4 is 17.8 Å². The molecule has 0 aromatic heterocycles. The molecule has 1 saturated heterocycles. The van der Waals surface area contributed by atoms with Crippen LogP contribution in [0.5, 0.6) is 0 Å². The molecule has 0 bridgehead atoms. The molecule has 0 aliphatic carbocycles. The molecule has 28 heavy (non-hydrogen) atoms. The van der Waals surface area contributed by atoms with Crippen molar-refractivity contribution in [3.05, 3.63) is 71.8 Å². The summed E-state index contributed by atoms with van der Waals surface area (Å²) in [6, 6.07) is 16.8. The number of aliphatic carboxylic acids is 1. The molecule has 146 valence electrons. The maximum Gasteiger partial charge on any atom is 0.326 e. The lowest BCUT2D eigenvalue weighted by Gasteiger charge is -2.34. The second kappa shape index (κ2) is 9.17. The number of benzene rings is 2. The number of amides is 2. The van der Waals surface area contributed by atoms with Gasteiger partial charge in [0.1, 0.15) is 6.04 Å². The molecule has 6 heteroatoms. The van der Waals surface area contributed by atoms with Gasteiger partial charge in [0.25, 0.3) is 5.91 Å². The van der Waals surface area contributed by atoms with Gasteiger partial charge in [0, 0.05) is 12.1 Å². The van der Waals surface area contributed by atoms with E-state index in [1.165, 1.54) is 4.90 Å². The summed E-state index contributed by atoms with van der Waals surface area (Å²) < 4.78 is 0. The van der Waals surface area contributed by atoms with E-state index in [9.17, 15) is 19.5 Å². The van der Waals surface area contributed by atoms with E-state index in [0.717, 1.165) is 18.4 Å². The van der Waals surface area contributed by atoms with Crippen LogP contribution >= 0.6 is 0 Å². The molecule has 1 aliphatic rings. The smallest absolute Gasteiger partial charge is 0.326 e. The third-order valence-corrected chi connectivity index (χ3v) is 5.03. The standard InChI is InChI=1S/C22H24N2O4/c25-20(24-14-8-7-13-19(24)22(27)28)15-18(16-9-3-1-4-10-16)23-21(26)17-11-5-2-6-12-17/h1-6,9-12,18-19H,7-8,13-15H2,(H,23,26)(H,27,28). The number of carboxylic acid groups (broad SMARTS) is 1. The van der Waals surface area contributed by atoms with Crippen LogP contribution in [0.25, 0.3) is 0 Å². The van der Waals surface area contributed by atoms with Gasteiger partial charge in [-0.15, -0.1) is 0 Å². The summed E-state index contributed by atoms with van der Waals surface area (Å²) in [6.07, 6.45) is 2.08. The van der Waals surface area contributed by atoms with E-state index in [2.05, 4.69) is 5.32 Å². The minimum Gasteiger partial charge on any atom is -0.480 e. The first kappa shape index (κ1) is 19.6. The van der Waals surface area contributed by atoms with Crippen molar-refractivity contribution in [2.75, 3.05) is 6.54 Å². The Kier molecular flexibility index (Phi) is 6.42. The molecule has 1 heterocycles. The second-order valence-electron chi connectivity index (χ2n) is 6.94. The summed E-state index contributed by atoms with van der Waals surface area (Å²) in [6.45, 7) is 0.434. The van der Waals surface area contributed by atoms with E-state index < -0.39 is 18.1 Å². The Bertz CT molecular complexity index is 823. The van der Waals surface area contributed by atoms with Crippen LogP contribution < -0.4 is 5.32 Å². The molecule has 2 unspecified atom stereocenters. The molecule has 2 aromatic carbocycles. The zero-order valence-electron chi connectivity index (χ0n) is 15.6. The van der Waals surface area contributed by atoms with Crippen molar-refractivity contribution in [2.45, 2.75) is 37.8 Å². The van der Waals surface area contributed by atoms with Gasteiger partial charge in [0.15, 0.2) is 0 Å². The number of carboxylic acids is 1. The summed E-state index contributed by atoms with van der Waals surface area (Å²) in [4.78, 5) is 38.5. The van der Waals surface area contributed by atoms with E-state index in [-0.39, 0.29) is 18.2 Å². The summed E-state index contributed by atoms with van der Waals surface area (Å²) in [5.74, 6) is -1.50. The molecule has 1 fully saturated rings. The van der Waals surface area contributed by atoms with Gasteiger partial charge in [-0.1, -0.05) is 48.5 Å². The van der Waals surface area contributed by atoms with E-state index in [0.29, 0.717) is 18.5 Å². The highest BCUT2D eigenvalue weighted by atomic mass is 16.4. The van der Waals surface area contributed by atoms with E-state index >= 15 is 0 Å². The molecular formula is C22H24N2O4. The first-order chi connectivity index (χ1) is 13.6. The molecule has 2 atom stereocenters. The van der Waals surface area contributed by atoms with Gasteiger partial charge >= 0.3 is 5.97 Å². The number of nitrogens with one attached hydrogen (secondary N) is 1. The van der Waals surface area contributed by atoms with Gasteiger partial charge < -0.3 is 15.3 Å². The van der Waals surface area contributed by atoms with Crippen molar-refractivity contribution in [1.29, 1.82) is 0 Å². The van der Waals surface area contributed by atoms with Crippen LogP contribution in [0.15, 0.2) is 60.7 Å². The highest BCUT2D eigenvalue weighted by molar-refractivity contribution is 5.95. The third kappa shape index (κ3) is 4.76. The molecule has 0 saturated carbocycles. The minimum absolute atomic E-state index is 0.0202. The zero-order chi connectivity index (χ0) is 19.9. The summed E-state index contributed by atoms with van der Waals surface area (Å²) in [5.41, 5.74) is 1.32. The molecule has 0 radical (unpaired) electrons. The van der Waals surface area contributed by atoms with Crippen molar-refractivity contribution in [2.24, 2.45) is 0 Å². The lowest BCUT2D eigenvalue weighted by Crippen LogP contribution is -2.49. The number of likely N-dealkylation sites (tertiary alicyclic amines) is 1. The highest BCUT2D eigenvalue weighted by Gasteiger charge is 2.33. The number of nitrogens with zero attached hydrogens (tertiary/aromatic N) is 1. The lowest BCUT2D eigenvalue weighted by molar-refractivity contribution is -0.152. The van der Waals surface area contributed by atoms with Crippen LogP contribution in [-0.4, -0.2) is 40.4 Å². The number of carbonyl (C=O) groups is 3. The molecule has 1 aliphatic heterocycles. The molecule has 6 nitrogen and oxygen atoms in total. The number of hydrogen-bond donors (Lipinski definition) is 2. The average molecular weight is 380 g/mol. The van der Waals surface area contributed by atoms with Crippen LogP contribution in [0.2, 0.25) is 0 Å². The van der Waals surface area contributed by atoms with Crippen LogP contribution in [0.1, 0.15) is 47.6 Å². The minimum atomic E-state index is -0.974.